The van der Waals surface area contributed by atoms with E-state index in [2.05, 4.69) is 11.8 Å². The Morgan fingerprint density at radius 3 is 2.75 bits per heavy atom. The Bertz CT molecular complexity index is 615. The number of nitrogens with zero attached hydrogens (tertiary/aromatic N) is 1. The standard InChI is InChI=1S/C15H14FNO3/c1-10-7-14(19)17(15(10)20)9-12-5-4-11(3-2-6-18)8-13(12)16/h4-5,8,10,18H,6-7,9H2,1H3. The minimum atomic E-state index is -0.519. The van der Waals surface area contributed by atoms with Crippen LogP contribution in [0.5, 0.6) is 0 Å². The average Bonchev–Trinajstić information content (AvgIpc) is 2.65. The molecule has 5 heteroatoms. The average molecular weight is 275 g/mol. The Hall–Kier alpha value is -2.19. The van der Waals surface area contributed by atoms with Gasteiger partial charge >= 0.3 is 0 Å². The molecule has 1 aromatic rings. The van der Waals surface area contributed by atoms with Gasteiger partial charge in [-0.15, -0.1) is 0 Å². The van der Waals surface area contributed by atoms with Gasteiger partial charge in [0.2, 0.25) is 11.8 Å². The SMILES string of the molecule is CC1CC(=O)N(Cc2ccc(C#CCO)cc2F)C1=O. The predicted octanol–water partition coefficient (Wildman–Crippen LogP) is 1.06. The van der Waals surface area contributed by atoms with Gasteiger partial charge in [-0.2, -0.15) is 0 Å². The number of carbonyl (C=O) groups is 2. The van der Waals surface area contributed by atoms with Crippen molar-refractivity contribution in [3.05, 3.63) is 35.1 Å². The van der Waals surface area contributed by atoms with Crippen molar-refractivity contribution >= 4 is 11.8 Å². The normalized spacial score (nSPS) is 18.1. The zero-order chi connectivity index (χ0) is 14.7. The number of aliphatic hydroxyl groups excluding tert-OH is 1. The number of aliphatic hydroxyl groups is 1. The molecule has 104 valence electrons. The first kappa shape index (κ1) is 14.2. The Morgan fingerprint density at radius 1 is 1.45 bits per heavy atom. The molecule has 1 heterocycles. The first-order valence-electron chi connectivity index (χ1n) is 6.25. The monoisotopic (exact) mass is 275 g/mol. The van der Waals surface area contributed by atoms with Gasteiger partial charge in [-0.25, -0.2) is 4.39 Å². The summed E-state index contributed by atoms with van der Waals surface area (Å²) in [6.45, 7) is 1.34. The number of benzene rings is 1. The predicted molar refractivity (Wildman–Crippen MR) is 69.7 cm³/mol. The number of carbonyl (C=O) groups excluding carboxylic acids is 2. The molecule has 1 atom stereocenters. The maximum absolute atomic E-state index is 13.9. The van der Waals surface area contributed by atoms with E-state index >= 15 is 0 Å². The molecule has 1 N–H and O–H groups in total. The third kappa shape index (κ3) is 2.86. The largest absolute Gasteiger partial charge is 0.384 e. The number of hydrogen-bond acceptors (Lipinski definition) is 3. The van der Waals surface area contributed by atoms with Crippen molar-refractivity contribution in [2.45, 2.75) is 19.9 Å². The summed E-state index contributed by atoms with van der Waals surface area (Å²) in [6.07, 6.45) is 0.181. The van der Waals surface area contributed by atoms with E-state index in [1.807, 2.05) is 0 Å². The van der Waals surface area contributed by atoms with E-state index in [9.17, 15) is 14.0 Å². The van der Waals surface area contributed by atoms with Gasteiger partial charge in [-0.1, -0.05) is 24.8 Å². The molecule has 1 unspecified atom stereocenters. The third-order valence-electron chi connectivity index (χ3n) is 3.16. The summed E-state index contributed by atoms with van der Waals surface area (Å²) in [5.41, 5.74) is 0.711. The van der Waals surface area contributed by atoms with Crippen molar-refractivity contribution in [1.29, 1.82) is 0 Å². The molecule has 2 rings (SSSR count). The van der Waals surface area contributed by atoms with Gasteiger partial charge in [0.1, 0.15) is 12.4 Å². The molecule has 4 nitrogen and oxygen atoms in total. The van der Waals surface area contributed by atoms with Crippen molar-refractivity contribution in [2.75, 3.05) is 6.61 Å². The van der Waals surface area contributed by atoms with Gasteiger partial charge in [-0.05, 0) is 12.1 Å². The summed E-state index contributed by atoms with van der Waals surface area (Å²) in [5.74, 6) is 3.63. The van der Waals surface area contributed by atoms with E-state index < -0.39 is 5.82 Å². The van der Waals surface area contributed by atoms with E-state index in [4.69, 9.17) is 5.11 Å². The summed E-state index contributed by atoms with van der Waals surface area (Å²) in [6, 6.07) is 4.32. The summed E-state index contributed by atoms with van der Waals surface area (Å²) in [5, 5.41) is 8.58. The first-order valence-corrected chi connectivity index (χ1v) is 6.25. The molecule has 0 spiro atoms. The van der Waals surface area contributed by atoms with E-state index in [1.165, 1.54) is 12.1 Å². The highest BCUT2D eigenvalue weighted by Gasteiger charge is 2.35. The number of imide groups is 1. The second-order valence-corrected chi connectivity index (χ2v) is 4.69. The van der Waals surface area contributed by atoms with Crippen LogP contribution in [0.3, 0.4) is 0 Å². The minimum absolute atomic E-state index is 0.0540. The van der Waals surface area contributed by atoms with Crippen molar-refractivity contribution in [3.8, 4) is 11.8 Å². The lowest BCUT2D eigenvalue weighted by Gasteiger charge is -2.14. The van der Waals surface area contributed by atoms with Crippen LogP contribution in [-0.2, 0) is 16.1 Å². The molecule has 1 aromatic carbocycles. The maximum atomic E-state index is 13.9. The summed E-state index contributed by atoms with van der Waals surface area (Å²) >= 11 is 0. The molecule has 0 saturated carbocycles. The van der Waals surface area contributed by atoms with Gasteiger partial charge in [0.15, 0.2) is 0 Å². The van der Waals surface area contributed by atoms with Gasteiger partial charge < -0.3 is 5.11 Å². The third-order valence-corrected chi connectivity index (χ3v) is 3.16. The molecule has 1 aliphatic heterocycles. The molecule has 20 heavy (non-hydrogen) atoms. The van der Waals surface area contributed by atoms with Crippen LogP contribution in [0, 0.1) is 23.6 Å². The van der Waals surface area contributed by atoms with Crippen LogP contribution in [0.25, 0.3) is 0 Å². The highest BCUT2D eigenvalue weighted by molar-refractivity contribution is 6.03. The van der Waals surface area contributed by atoms with Gasteiger partial charge in [0, 0.05) is 23.5 Å². The van der Waals surface area contributed by atoms with E-state index in [1.54, 1.807) is 13.0 Å². The number of rotatable bonds is 2. The Labute approximate surface area is 116 Å². The van der Waals surface area contributed by atoms with Crippen LogP contribution in [0.1, 0.15) is 24.5 Å². The van der Waals surface area contributed by atoms with Crippen molar-refractivity contribution in [2.24, 2.45) is 5.92 Å². The molecule has 1 aliphatic rings. The molecule has 0 aliphatic carbocycles. The smallest absolute Gasteiger partial charge is 0.232 e. The van der Waals surface area contributed by atoms with E-state index in [-0.39, 0.29) is 42.9 Å². The molecular formula is C15H14FNO3. The maximum Gasteiger partial charge on any atom is 0.232 e. The van der Waals surface area contributed by atoms with Crippen LogP contribution in [0.4, 0.5) is 4.39 Å². The molecule has 0 radical (unpaired) electrons. The molecular weight excluding hydrogens is 261 g/mol. The lowest BCUT2D eigenvalue weighted by Crippen LogP contribution is -2.30. The summed E-state index contributed by atoms with van der Waals surface area (Å²) < 4.78 is 13.9. The number of likely N-dealkylation sites (tertiary alicyclic amines) is 1. The second-order valence-electron chi connectivity index (χ2n) is 4.69. The van der Waals surface area contributed by atoms with Gasteiger partial charge in [0.25, 0.3) is 0 Å². The molecule has 2 amide bonds. The van der Waals surface area contributed by atoms with Gasteiger partial charge in [0.05, 0.1) is 6.54 Å². The fraction of sp³-hybridized carbons (Fsp3) is 0.333. The number of amides is 2. The zero-order valence-corrected chi connectivity index (χ0v) is 11.0. The number of halogens is 1. The topological polar surface area (TPSA) is 57.6 Å². The van der Waals surface area contributed by atoms with Gasteiger partial charge in [-0.3, -0.25) is 14.5 Å². The Balaban J connectivity index is 2.18. The second kappa shape index (κ2) is 5.85. The summed E-state index contributed by atoms with van der Waals surface area (Å²) in [7, 11) is 0. The Kier molecular flexibility index (Phi) is 4.16. The van der Waals surface area contributed by atoms with E-state index in [0.29, 0.717) is 5.56 Å². The lowest BCUT2D eigenvalue weighted by atomic mass is 10.1. The van der Waals surface area contributed by atoms with Crippen molar-refractivity contribution in [3.63, 3.8) is 0 Å². The van der Waals surface area contributed by atoms with Crippen molar-refractivity contribution in [1.82, 2.24) is 4.90 Å². The van der Waals surface area contributed by atoms with Crippen LogP contribution in [-0.4, -0.2) is 28.4 Å². The molecule has 0 aromatic heterocycles. The van der Waals surface area contributed by atoms with Crippen LogP contribution in [0.15, 0.2) is 18.2 Å². The highest BCUT2D eigenvalue weighted by Crippen LogP contribution is 2.22. The van der Waals surface area contributed by atoms with Crippen LogP contribution in [0.2, 0.25) is 0 Å². The minimum Gasteiger partial charge on any atom is -0.384 e. The summed E-state index contributed by atoms with van der Waals surface area (Å²) in [4.78, 5) is 24.5. The first-order chi connectivity index (χ1) is 9.52. The fourth-order valence-corrected chi connectivity index (χ4v) is 2.08. The molecule has 1 saturated heterocycles. The molecule has 1 fully saturated rings. The quantitative estimate of drug-likeness (QED) is 0.648. The molecule has 0 bridgehead atoms. The van der Waals surface area contributed by atoms with Crippen LogP contribution >= 0.6 is 0 Å². The van der Waals surface area contributed by atoms with Crippen molar-refractivity contribution < 1.29 is 19.1 Å². The Morgan fingerprint density at radius 2 is 2.20 bits per heavy atom. The highest BCUT2D eigenvalue weighted by atomic mass is 19.1. The number of hydrogen-bond donors (Lipinski definition) is 1. The van der Waals surface area contributed by atoms with E-state index in [0.717, 1.165) is 4.90 Å². The lowest BCUT2D eigenvalue weighted by molar-refractivity contribution is -0.139. The zero-order valence-electron chi connectivity index (χ0n) is 11.0. The van der Waals surface area contributed by atoms with Crippen LogP contribution < -0.4 is 0 Å². The fourth-order valence-electron chi connectivity index (χ4n) is 2.08.